The van der Waals surface area contributed by atoms with E-state index < -0.39 is 0 Å². The summed E-state index contributed by atoms with van der Waals surface area (Å²) in [6.07, 6.45) is 2.65. The lowest BCUT2D eigenvalue weighted by Crippen LogP contribution is -2.23. The molecule has 0 radical (unpaired) electrons. The van der Waals surface area contributed by atoms with Crippen molar-refractivity contribution in [3.63, 3.8) is 0 Å². The molecule has 0 saturated carbocycles. The second kappa shape index (κ2) is 4.17. The third kappa shape index (κ3) is 2.28. The highest BCUT2D eigenvalue weighted by Crippen LogP contribution is 2.25. The molecule has 0 bridgehead atoms. The van der Waals surface area contributed by atoms with Crippen LogP contribution in [0.15, 0.2) is 36.5 Å². The maximum Gasteiger partial charge on any atom is 0.150 e. The van der Waals surface area contributed by atoms with Crippen LogP contribution in [0.1, 0.15) is 31.1 Å². The van der Waals surface area contributed by atoms with Gasteiger partial charge in [-0.25, -0.2) is 0 Å². The van der Waals surface area contributed by atoms with Crippen LogP contribution in [0.2, 0.25) is 0 Å². The average Bonchev–Trinajstić information content (AvgIpc) is 2.77. The van der Waals surface area contributed by atoms with Gasteiger partial charge in [0.15, 0.2) is 0 Å². The SMILES string of the molecule is CC(C)(C)n1nccc1-c1cccc(C=O)c1. The molecule has 17 heavy (non-hydrogen) atoms. The van der Waals surface area contributed by atoms with E-state index in [1.54, 1.807) is 12.3 Å². The third-order valence-electron chi connectivity index (χ3n) is 2.60. The second-order valence-electron chi connectivity index (χ2n) is 5.04. The van der Waals surface area contributed by atoms with Gasteiger partial charge in [-0.3, -0.25) is 9.48 Å². The Morgan fingerprint density at radius 1 is 1.24 bits per heavy atom. The highest BCUT2D eigenvalue weighted by Gasteiger charge is 2.18. The van der Waals surface area contributed by atoms with Crippen molar-refractivity contribution < 1.29 is 4.79 Å². The largest absolute Gasteiger partial charge is 0.298 e. The number of hydrogen-bond donors (Lipinski definition) is 0. The highest BCUT2D eigenvalue weighted by molar-refractivity contribution is 5.78. The van der Waals surface area contributed by atoms with E-state index in [1.807, 2.05) is 28.9 Å². The number of hydrogen-bond acceptors (Lipinski definition) is 2. The minimum Gasteiger partial charge on any atom is -0.298 e. The van der Waals surface area contributed by atoms with Crippen molar-refractivity contribution >= 4 is 6.29 Å². The van der Waals surface area contributed by atoms with Crippen molar-refractivity contribution in [2.75, 3.05) is 0 Å². The fraction of sp³-hybridized carbons (Fsp3) is 0.286. The Hall–Kier alpha value is -1.90. The maximum absolute atomic E-state index is 10.8. The van der Waals surface area contributed by atoms with Gasteiger partial charge in [0.25, 0.3) is 0 Å². The Morgan fingerprint density at radius 2 is 2.00 bits per heavy atom. The Balaban J connectivity index is 2.53. The molecule has 2 aromatic rings. The molecule has 0 atom stereocenters. The summed E-state index contributed by atoms with van der Waals surface area (Å²) in [6, 6.07) is 9.53. The highest BCUT2D eigenvalue weighted by atomic mass is 16.1. The fourth-order valence-corrected chi connectivity index (χ4v) is 1.83. The summed E-state index contributed by atoms with van der Waals surface area (Å²) >= 11 is 0. The zero-order chi connectivity index (χ0) is 12.5. The van der Waals surface area contributed by atoms with Crippen LogP contribution in [0.4, 0.5) is 0 Å². The van der Waals surface area contributed by atoms with Gasteiger partial charge in [-0.1, -0.05) is 18.2 Å². The molecule has 0 aliphatic rings. The van der Waals surface area contributed by atoms with Crippen molar-refractivity contribution in [1.82, 2.24) is 9.78 Å². The molecule has 0 saturated heterocycles. The van der Waals surface area contributed by atoms with Crippen LogP contribution in [0, 0.1) is 0 Å². The first-order valence-corrected chi connectivity index (χ1v) is 5.62. The lowest BCUT2D eigenvalue weighted by atomic mass is 10.1. The Labute approximate surface area is 101 Å². The van der Waals surface area contributed by atoms with E-state index in [2.05, 4.69) is 25.9 Å². The van der Waals surface area contributed by atoms with Crippen LogP contribution in [0.25, 0.3) is 11.3 Å². The van der Waals surface area contributed by atoms with Gasteiger partial charge in [-0.2, -0.15) is 5.10 Å². The number of carbonyl (C=O) groups excluding carboxylic acids is 1. The summed E-state index contributed by atoms with van der Waals surface area (Å²) < 4.78 is 1.97. The molecule has 0 N–H and O–H groups in total. The molecule has 1 aromatic carbocycles. The zero-order valence-corrected chi connectivity index (χ0v) is 10.3. The van der Waals surface area contributed by atoms with Crippen molar-refractivity contribution in [3.05, 3.63) is 42.1 Å². The zero-order valence-electron chi connectivity index (χ0n) is 10.3. The Bertz CT molecular complexity index is 535. The first-order valence-electron chi connectivity index (χ1n) is 5.62. The number of benzene rings is 1. The van der Waals surface area contributed by atoms with Crippen LogP contribution in [-0.2, 0) is 5.54 Å². The van der Waals surface area contributed by atoms with Crippen molar-refractivity contribution in [3.8, 4) is 11.3 Å². The van der Waals surface area contributed by atoms with Crippen LogP contribution in [0.3, 0.4) is 0 Å². The molecule has 88 valence electrons. The standard InChI is InChI=1S/C14H16N2O/c1-14(2,3)16-13(7-8-15-16)12-6-4-5-11(9-12)10-17/h4-10H,1-3H3. The Kier molecular flexibility index (Phi) is 2.84. The number of carbonyl (C=O) groups is 1. The van der Waals surface area contributed by atoms with Crippen molar-refractivity contribution in [1.29, 1.82) is 0 Å². The van der Waals surface area contributed by atoms with Crippen molar-refractivity contribution in [2.45, 2.75) is 26.3 Å². The first-order chi connectivity index (χ1) is 8.02. The topological polar surface area (TPSA) is 34.9 Å². The fourth-order valence-electron chi connectivity index (χ4n) is 1.83. The van der Waals surface area contributed by atoms with Gasteiger partial charge < -0.3 is 0 Å². The van der Waals surface area contributed by atoms with E-state index >= 15 is 0 Å². The molecule has 1 aromatic heterocycles. The summed E-state index contributed by atoms with van der Waals surface area (Å²) in [5, 5.41) is 4.35. The van der Waals surface area contributed by atoms with E-state index in [0.29, 0.717) is 5.56 Å². The molecule has 0 unspecified atom stereocenters. The normalized spacial score (nSPS) is 11.5. The summed E-state index contributed by atoms with van der Waals surface area (Å²) in [4.78, 5) is 10.8. The molecule has 0 spiro atoms. The van der Waals surface area contributed by atoms with Crippen LogP contribution in [0.5, 0.6) is 0 Å². The smallest absolute Gasteiger partial charge is 0.150 e. The predicted molar refractivity (Wildman–Crippen MR) is 68.0 cm³/mol. The van der Waals surface area contributed by atoms with Gasteiger partial charge in [0.05, 0.1) is 11.2 Å². The number of rotatable bonds is 2. The van der Waals surface area contributed by atoms with Gasteiger partial charge in [0.2, 0.25) is 0 Å². The van der Waals surface area contributed by atoms with Gasteiger partial charge in [0, 0.05) is 17.3 Å². The molecular weight excluding hydrogens is 212 g/mol. The van der Waals surface area contributed by atoms with Crippen LogP contribution >= 0.6 is 0 Å². The minimum absolute atomic E-state index is 0.0734. The summed E-state index contributed by atoms with van der Waals surface area (Å²) in [6.45, 7) is 6.31. The summed E-state index contributed by atoms with van der Waals surface area (Å²) in [5.74, 6) is 0. The molecule has 3 nitrogen and oxygen atoms in total. The number of aromatic nitrogens is 2. The lowest BCUT2D eigenvalue weighted by Gasteiger charge is -2.22. The third-order valence-corrected chi connectivity index (χ3v) is 2.60. The van der Waals surface area contributed by atoms with E-state index in [1.165, 1.54) is 0 Å². The monoisotopic (exact) mass is 228 g/mol. The molecule has 0 aliphatic heterocycles. The number of aldehydes is 1. The maximum atomic E-state index is 10.8. The van der Waals surface area contributed by atoms with E-state index in [9.17, 15) is 4.79 Å². The van der Waals surface area contributed by atoms with Gasteiger partial charge >= 0.3 is 0 Å². The van der Waals surface area contributed by atoms with Gasteiger partial charge in [0.1, 0.15) is 6.29 Å². The van der Waals surface area contributed by atoms with E-state index in [0.717, 1.165) is 17.5 Å². The van der Waals surface area contributed by atoms with Crippen LogP contribution < -0.4 is 0 Å². The molecular formula is C14H16N2O. The number of nitrogens with zero attached hydrogens (tertiary/aromatic N) is 2. The molecule has 0 amide bonds. The first kappa shape index (κ1) is 11.6. The Morgan fingerprint density at radius 3 is 2.65 bits per heavy atom. The molecule has 3 heteroatoms. The van der Waals surface area contributed by atoms with Gasteiger partial charge in [-0.05, 0) is 32.9 Å². The molecule has 0 aliphatic carbocycles. The van der Waals surface area contributed by atoms with Crippen molar-refractivity contribution in [2.24, 2.45) is 0 Å². The molecule has 0 fully saturated rings. The quantitative estimate of drug-likeness (QED) is 0.740. The summed E-state index contributed by atoms with van der Waals surface area (Å²) in [5.41, 5.74) is 2.66. The lowest BCUT2D eigenvalue weighted by molar-refractivity contribution is 0.112. The van der Waals surface area contributed by atoms with Gasteiger partial charge in [-0.15, -0.1) is 0 Å². The summed E-state index contributed by atoms with van der Waals surface area (Å²) in [7, 11) is 0. The second-order valence-corrected chi connectivity index (χ2v) is 5.04. The average molecular weight is 228 g/mol. The van der Waals surface area contributed by atoms with E-state index in [-0.39, 0.29) is 5.54 Å². The molecule has 1 heterocycles. The van der Waals surface area contributed by atoms with Crippen LogP contribution in [-0.4, -0.2) is 16.1 Å². The van der Waals surface area contributed by atoms with E-state index in [4.69, 9.17) is 0 Å². The minimum atomic E-state index is -0.0734. The molecule has 2 rings (SSSR count). The predicted octanol–water partition coefficient (Wildman–Crippen LogP) is 3.12.